The lowest BCUT2D eigenvalue weighted by Gasteiger charge is -2.42. The van der Waals surface area contributed by atoms with Gasteiger partial charge in [0, 0.05) is 21.3 Å². The molecule has 0 aromatic heterocycles. The smallest absolute Gasteiger partial charge is 0.135 e. The number of ether oxygens (including phenoxy) is 4. The van der Waals surface area contributed by atoms with E-state index in [0.29, 0.717) is 0 Å². The van der Waals surface area contributed by atoms with Gasteiger partial charge in [-0.05, 0) is 6.92 Å². The molecule has 5 nitrogen and oxygen atoms in total. The van der Waals surface area contributed by atoms with Crippen LogP contribution in [-0.2, 0) is 18.9 Å². The Morgan fingerprint density at radius 1 is 0.929 bits per heavy atom. The maximum Gasteiger partial charge on any atom is 0.135 e. The van der Waals surface area contributed by atoms with E-state index in [1.807, 2.05) is 6.92 Å². The van der Waals surface area contributed by atoms with Gasteiger partial charge in [-0.2, -0.15) is 0 Å². The fraction of sp³-hybridized carbons (Fsp3) is 1.00. The summed E-state index contributed by atoms with van der Waals surface area (Å²) in [5.74, 6) is 0. The second-order valence-electron chi connectivity index (χ2n) is 3.41. The summed E-state index contributed by atoms with van der Waals surface area (Å²) in [6.45, 7) is 1.91. The highest BCUT2D eigenvalue weighted by atomic mass is 16.6. The SMILES string of the molecule is CO[C@H]1[C@@H](OC)[C@@H](N)O[C@H](C)[C@H]1OC. The van der Waals surface area contributed by atoms with Gasteiger partial charge in [0.2, 0.25) is 0 Å². The van der Waals surface area contributed by atoms with Gasteiger partial charge in [0.05, 0.1) is 6.10 Å². The predicted octanol–water partition coefficient (Wildman–Crippen LogP) is -0.265. The van der Waals surface area contributed by atoms with E-state index in [-0.39, 0.29) is 24.4 Å². The standard InChI is InChI=1S/C9H19NO4/c1-5-6(11-2)7(12-3)8(13-4)9(10)14-5/h5-9H,10H2,1-4H3/t5-,6-,7-,8-,9+/m1/s1. The molecule has 2 N–H and O–H groups in total. The first-order chi connectivity index (χ1) is 6.65. The molecule has 0 aromatic rings. The zero-order valence-corrected chi connectivity index (χ0v) is 9.10. The minimum atomic E-state index is -0.466. The van der Waals surface area contributed by atoms with Gasteiger partial charge < -0.3 is 24.7 Å². The molecule has 84 valence electrons. The van der Waals surface area contributed by atoms with Gasteiger partial charge in [0.1, 0.15) is 24.5 Å². The third kappa shape index (κ3) is 2.07. The molecule has 0 bridgehead atoms. The van der Waals surface area contributed by atoms with Crippen molar-refractivity contribution < 1.29 is 18.9 Å². The van der Waals surface area contributed by atoms with Crippen molar-refractivity contribution in [2.24, 2.45) is 5.73 Å². The normalized spacial score (nSPS) is 43.9. The second-order valence-corrected chi connectivity index (χ2v) is 3.41. The molecule has 1 aliphatic heterocycles. The van der Waals surface area contributed by atoms with Gasteiger partial charge in [0.15, 0.2) is 0 Å². The molecule has 0 aromatic carbocycles. The Labute approximate surface area is 84.4 Å². The summed E-state index contributed by atoms with van der Waals surface area (Å²) < 4.78 is 21.3. The topological polar surface area (TPSA) is 62.9 Å². The molecule has 0 spiro atoms. The van der Waals surface area contributed by atoms with Crippen molar-refractivity contribution in [2.45, 2.75) is 37.6 Å². The predicted molar refractivity (Wildman–Crippen MR) is 50.9 cm³/mol. The molecule has 1 rings (SSSR count). The third-order valence-corrected chi connectivity index (χ3v) is 2.62. The minimum absolute atomic E-state index is 0.0913. The molecule has 1 aliphatic rings. The lowest BCUT2D eigenvalue weighted by Crippen LogP contribution is -2.61. The van der Waals surface area contributed by atoms with Gasteiger partial charge in [-0.15, -0.1) is 0 Å². The number of hydrogen-bond acceptors (Lipinski definition) is 5. The van der Waals surface area contributed by atoms with E-state index in [1.54, 1.807) is 21.3 Å². The first-order valence-electron chi connectivity index (χ1n) is 4.65. The summed E-state index contributed by atoms with van der Waals surface area (Å²) in [5.41, 5.74) is 5.78. The van der Waals surface area contributed by atoms with Crippen molar-refractivity contribution >= 4 is 0 Å². The Kier molecular flexibility index (Phi) is 4.28. The molecular formula is C9H19NO4. The van der Waals surface area contributed by atoms with Crippen LogP contribution in [-0.4, -0.2) is 52.0 Å². The first kappa shape index (κ1) is 11.9. The molecule has 0 unspecified atom stereocenters. The average molecular weight is 205 g/mol. The fourth-order valence-corrected chi connectivity index (χ4v) is 1.91. The Morgan fingerprint density at radius 3 is 1.86 bits per heavy atom. The van der Waals surface area contributed by atoms with Gasteiger partial charge in [-0.3, -0.25) is 0 Å². The molecule has 1 saturated heterocycles. The summed E-state index contributed by atoms with van der Waals surface area (Å²) in [6.07, 6.45) is -1.19. The highest BCUT2D eigenvalue weighted by Crippen LogP contribution is 2.24. The molecule has 14 heavy (non-hydrogen) atoms. The summed E-state index contributed by atoms with van der Waals surface area (Å²) in [4.78, 5) is 0. The lowest BCUT2D eigenvalue weighted by atomic mass is 9.98. The van der Waals surface area contributed by atoms with E-state index >= 15 is 0 Å². The van der Waals surface area contributed by atoms with Crippen molar-refractivity contribution in [1.29, 1.82) is 0 Å². The molecule has 0 amide bonds. The molecule has 0 saturated carbocycles. The second kappa shape index (κ2) is 5.04. The molecule has 5 atom stereocenters. The van der Waals surface area contributed by atoms with E-state index in [2.05, 4.69) is 0 Å². The van der Waals surface area contributed by atoms with E-state index in [9.17, 15) is 0 Å². The van der Waals surface area contributed by atoms with E-state index < -0.39 is 6.23 Å². The molecule has 5 heteroatoms. The molecule has 0 radical (unpaired) electrons. The van der Waals surface area contributed by atoms with Crippen molar-refractivity contribution in [3.8, 4) is 0 Å². The molecule has 1 heterocycles. The molecule has 1 fully saturated rings. The van der Waals surface area contributed by atoms with Crippen LogP contribution < -0.4 is 5.73 Å². The Hall–Kier alpha value is -0.200. The van der Waals surface area contributed by atoms with Crippen LogP contribution >= 0.6 is 0 Å². The Bertz CT molecular complexity index is 162. The number of rotatable bonds is 3. The van der Waals surface area contributed by atoms with Crippen LogP contribution in [0.25, 0.3) is 0 Å². The van der Waals surface area contributed by atoms with Crippen molar-refractivity contribution in [3.63, 3.8) is 0 Å². The Balaban J connectivity index is 2.76. The van der Waals surface area contributed by atoms with Crippen molar-refractivity contribution in [3.05, 3.63) is 0 Å². The van der Waals surface area contributed by atoms with E-state index in [1.165, 1.54) is 0 Å². The van der Waals surface area contributed by atoms with Crippen LogP contribution in [0, 0.1) is 0 Å². The number of methoxy groups -OCH3 is 3. The zero-order valence-electron chi connectivity index (χ0n) is 9.10. The maximum absolute atomic E-state index is 5.78. The third-order valence-electron chi connectivity index (χ3n) is 2.62. The maximum atomic E-state index is 5.78. The van der Waals surface area contributed by atoms with Crippen LogP contribution in [0.3, 0.4) is 0 Å². The quantitative estimate of drug-likeness (QED) is 0.687. The first-order valence-corrected chi connectivity index (χ1v) is 4.65. The monoisotopic (exact) mass is 205 g/mol. The van der Waals surface area contributed by atoms with Gasteiger partial charge in [0.25, 0.3) is 0 Å². The van der Waals surface area contributed by atoms with E-state index in [0.717, 1.165) is 0 Å². The van der Waals surface area contributed by atoms with Gasteiger partial charge in [-0.25, -0.2) is 0 Å². The van der Waals surface area contributed by atoms with Crippen molar-refractivity contribution in [1.82, 2.24) is 0 Å². The highest BCUT2D eigenvalue weighted by molar-refractivity contribution is 4.91. The van der Waals surface area contributed by atoms with Crippen LogP contribution in [0.2, 0.25) is 0 Å². The summed E-state index contributed by atoms with van der Waals surface area (Å²) in [7, 11) is 4.83. The molecular weight excluding hydrogens is 186 g/mol. The van der Waals surface area contributed by atoms with Crippen LogP contribution in [0.1, 0.15) is 6.92 Å². The zero-order chi connectivity index (χ0) is 10.7. The van der Waals surface area contributed by atoms with Gasteiger partial charge >= 0.3 is 0 Å². The number of nitrogens with two attached hydrogens (primary N) is 1. The van der Waals surface area contributed by atoms with Crippen LogP contribution in [0.5, 0.6) is 0 Å². The summed E-state index contributed by atoms with van der Waals surface area (Å²) in [6, 6.07) is 0. The van der Waals surface area contributed by atoms with Crippen molar-refractivity contribution in [2.75, 3.05) is 21.3 Å². The highest BCUT2D eigenvalue weighted by Gasteiger charge is 2.43. The van der Waals surface area contributed by atoms with E-state index in [4.69, 9.17) is 24.7 Å². The van der Waals surface area contributed by atoms with Gasteiger partial charge in [-0.1, -0.05) is 0 Å². The summed E-state index contributed by atoms with van der Waals surface area (Å²) >= 11 is 0. The fourth-order valence-electron chi connectivity index (χ4n) is 1.91. The molecule has 0 aliphatic carbocycles. The largest absolute Gasteiger partial charge is 0.376 e. The van der Waals surface area contributed by atoms with Crippen LogP contribution in [0.15, 0.2) is 0 Å². The average Bonchev–Trinajstić information content (AvgIpc) is 2.16. The minimum Gasteiger partial charge on any atom is -0.376 e. The lowest BCUT2D eigenvalue weighted by molar-refractivity contribution is -0.236. The number of hydrogen-bond donors (Lipinski definition) is 1. The Morgan fingerprint density at radius 2 is 1.43 bits per heavy atom. The van der Waals surface area contributed by atoms with Crippen LogP contribution in [0.4, 0.5) is 0 Å². The summed E-state index contributed by atoms with van der Waals surface area (Å²) in [5, 5.41) is 0.